The minimum Gasteiger partial charge on any atom is -0.494 e. The van der Waals surface area contributed by atoms with Gasteiger partial charge in [0, 0.05) is 15.1 Å². The first-order valence-electron chi connectivity index (χ1n) is 13.4. The number of thiazole rings is 1. The molecule has 0 unspecified atom stereocenters. The number of aromatic nitrogens is 1. The number of ether oxygens (including phenoxy) is 3. The van der Waals surface area contributed by atoms with Gasteiger partial charge in [0.2, 0.25) is 0 Å². The van der Waals surface area contributed by atoms with Gasteiger partial charge in [0.15, 0.2) is 4.80 Å². The van der Waals surface area contributed by atoms with Gasteiger partial charge in [0.1, 0.15) is 18.1 Å². The second-order valence-electron chi connectivity index (χ2n) is 9.40. The lowest BCUT2D eigenvalue weighted by atomic mass is 9.96. The number of benzene rings is 3. The smallest absolute Gasteiger partial charge is 0.338 e. The van der Waals surface area contributed by atoms with E-state index in [-0.39, 0.29) is 12.2 Å². The second kappa shape index (κ2) is 13.1. The highest BCUT2D eigenvalue weighted by atomic mass is 79.9. The highest BCUT2D eigenvalue weighted by molar-refractivity contribution is 9.10. The number of halogens is 2. The van der Waals surface area contributed by atoms with Crippen LogP contribution in [0.25, 0.3) is 6.08 Å². The molecule has 0 aliphatic carbocycles. The summed E-state index contributed by atoms with van der Waals surface area (Å²) in [6.07, 6.45) is 1.76. The van der Waals surface area contributed by atoms with Crippen LogP contribution < -0.4 is 24.4 Å². The quantitative estimate of drug-likeness (QED) is 0.199. The summed E-state index contributed by atoms with van der Waals surface area (Å²) < 4.78 is 20.1. The van der Waals surface area contributed by atoms with Gasteiger partial charge < -0.3 is 14.2 Å². The summed E-state index contributed by atoms with van der Waals surface area (Å²) in [5.41, 5.74) is 2.93. The average molecular weight is 668 g/mol. The summed E-state index contributed by atoms with van der Waals surface area (Å²) in [5.74, 6) is 0.772. The van der Waals surface area contributed by atoms with E-state index < -0.39 is 12.0 Å². The lowest BCUT2D eigenvalue weighted by Crippen LogP contribution is -2.39. The second-order valence-corrected chi connectivity index (χ2v) is 11.8. The van der Waals surface area contributed by atoms with E-state index in [9.17, 15) is 9.59 Å². The number of esters is 1. The molecule has 1 aromatic heterocycles. The van der Waals surface area contributed by atoms with E-state index in [2.05, 4.69) is 20.9 Å². The Balaban J connectivity index is 1.60. The molecule has 2 heterocycles. The summed E-state index contributed by atoms with van der Waals surface area (Å²) in [6.45, 7) is 6.49. The van der Waals surface area contributed by atoms with E-state index in [1.807, 2.05) is 55.5 Å². The monoisotopic (exact) mass is 666 g/mol. The maximum atomic E-state index is 14.0. The number of rotatable bonds is 9. The molecule has 0 amide bonds. The molecule has 1 aliphatic heterocycles. The molecule has 0 bridgehead atoms. The number of hydrogen-bond acceptors (Lipinski definition) is 7. The highest BCUT2D eigenvalue weighted by Crippen LogP contribution is 2.32. The van der Waals surface area contributed by atoms with Crippen molar-refractivity contribution in [2.75, 3.05) is 13.2 Å². The number of fused-ring (bicyclic) bond motifs is 1. The van der Waals surface area contributed by atoms with Crippen molar-refractivity contribution in [2.24, 2.45) is 4.99 Å². The van der Waals surface area contributed by atoms with Gasteiger partial charge in [-0.15, -0.1) is 0 Å². The fraction of sp³-hybridized carbons (Fsp3) is 0.219. The minimum absolute atomic E-state index is 0.202. The Kier molecular flexibility index (Phi) is 9.30. The Hall–Kier alpha value is -3.66. The summed E-state index contributed by atoms with van der Waals surface area (Å²) in [4.78, 5) is 32.3. The predicted octanol–water partition coefficient (Wildman–Crippen LogP) is 6.19. The summed E-state index contributed by atoms with van der Waals surface area (Å²) >= 11 is 11.0. The molecular weight excluding hydrogens is 640 g/mol. The molecule has 42 heavy (non-hydrogen) atoms. The van der Waals surface area contributed by atoms with Crippen LogP contribution in [0.3, 0.4) is 0 Å². The number of allylic oxidation sites excluding steroid dienone is 1. The summed E-state index contributed by atoms with van der Waals surface area (Å²) in [7, 11) is 0. The molecule has 0 N–H and O–H groups in total. The van der Waals surface area contributed by atoms with Crippen molar-refractivity contribution >= 4 is 50.9 Å². The van der Waals surface area contributed by atoms with E-state index >= 15 is 0 Å². The fourth-order valence-electron chi connectivity index (χ4n) is 4.67. The maximum Gasteiger partial charge on any atom is 0.338 e. The first kappa shape index (κ1) is 29.8. The Labute approximate surface area is 260 Å². The first-order chi connectivity index (χ1) is 20.3. The van der Waals surface area contributed by atoms with E-state index in [0.29, 0.717) is 55.9 Å². The third-order valence-electron chi connectivity index (χ3n) is 6.59. The maximum absolute atomic E-state index is 14.0. The molecule has 7 nitrogen and oxygen atoms in total. The van der Waals surface area contributed by atoms with Crippen LogP contribution in [0.4, 0.5) is 0 Å². The van der Waals surface area contributed by atoms with Crippen LogP contribution >= 0.6 is 38.9 Å². The fourth-order valence-corrected chi connectivity index (χ4v) is 6.15. The van der Waals surface area contributed by atoms with Crippen LogP contribution in [0.15, 0.2) is 92.3 Å². The Morgan fingerprint density at radius 3 is 2.48 bits per heavy atom. The highest BCUT2D eigenvalue weighted by Gasteiger charge is 2.33. The van der Waals surface area contributed by atoms with Crippen molar-refractivity contribution in [3.63, 3.8) is 0 Å². The lowest BCUT2D eigenvalue weighted by Gasteiger charge is -2.24. The molecule has 5 rings (SSSR count). The summed E-state index contributed by atoms with van der Waals surface area (Å²) in [5, 5.41) is 0.512. The number of carbonyl (C=O) groups excluding carboxylic acids is 1. The van der Waals surface area contributed by atoms with E-state index in [0.717, 1.165) is 15.6 Å². The molecule has 0 saturated carbocycles. The van der Waals surface area contributed by atoms with Crippen molar-refractivity contribution in [1.29, 1.82) is 0 Å². The molecule has 0 saturated heterocycles. The molecule has 4 aromatic rings. The van der Waals surface area contributed by atoms with Crippen molar-refractivity contribution in [3.05, 3.63) is 124 Å². The normalized spacial score (nSPS) is 14.8. The van der Waals surface area contributed by atoms with Gasteiger partial charge in [-0.2, -0.15) is 0 Å². The Bertz CT molecular complexity index is 1830. The van der Waals surface area contributed by atoms with Crippen molar-refractivity contribution < 1.29 is 19.0 Å². The Morgan fingerprint density at radius 1 is 1.05 bits per heavy atom. The molecule has 216 valence electrons. The molecule has 10 heteroatoms. The third kappa shape index (κ3) is 6.38. The largest absolute Gasteiger partial charge is 0.494 e. The minimum atomic E-state index is -0.717. The number of nitrogens with zero attached hydrogens (tertiary/aromatic N) is 2. The van der Waals surface area contributed by atoms with Crippen molar-refractivity contribution in [3.8, 4) is 11.5 Å². The van der Waals surface area contributed by atoms with Gasteiger partial charge in [-0.25, -0.2) is 9.79 Å². The molecule has 0 radical (unpaired) electrons. The number of carbonyl (C=O) groups is 1. The van der Waals surface area contributed by atoms with Crippen LogP contribution in [-0.4, -0.2) is 23.8 Å². The van der Waals surface area contributed by atoms with Gasteiger partial charge in [0.05, 0.1) is 35.1 Å². The lowest BCUT2D eigenvalue weighted by molar-refractivity contribution is -0.139. The Morgan fingerprint density at radius 2 is 1.79 bits per heavy atom. The standard InChI is InChI=1S/C32H28BrClN2O5S/c1-4-39-25-13-8-21(9-14-25)29-28(31(38)40-5-2)19(3)35-32-36(29)30(37)27(42-32)17-22-16-24(34)12-15-26(22)41-18-20-6-10-23(33)11-7-20/h6-17,29H,4-5,18H2,1-3H3/b27-17-/t29-/m1/s1. The molecule has 0 fully saturated rings. The van der Waals surface area contributed by atoms with E-state index in [1.54, 1.807) is 42.7 Å². The third-order valence-corrected chi connectivity index (χ3v) is 8.34. The van der Waals surface area contributed by atoms with Crippen LogP contribution in [0.1, 0.15) is 43.5 Å². The first-order valence-corrected chi connectivity index (χ1v) is 15.4. The molecular formula is C32H28BrClN2O5S. The predicted molar refractivity (Wildman–Crippen MR) is 168 cm³/mol. The van der Waals surface area contributed by atoms with Gasteiger partial charge in [0.25, 0.3) is 5.56 Å². The molecule has 1 atom stereocenters. The molecule has 0 spiro atoms. The zero-order valence-corrected chi connectivity index (χ0v) is 26.4. The van der Waals surface area contributed by atoms with Gasteiger partial charge in [-0.1, -0.05) is 63.1 Å². The van der Waals surface area contributed by atoms with E-state index in [1.165, 1.54) is 11.3 Å². The average Bonchev–Trinajstić information content (AvgIpc) is 3.27. The van der Waals surface area contributed by atoms with Crippen LogP contribution in [-0.2, 0) is 16.1 Å². The zero-order chi connectivity index (χ0) is 29.8. The van der Waals surface area contributed by atoms with Crippen LogP contribution in [0, 0.1) is 0 Å². The summed E-state index contributed by atoms with van der Waals surface area (Å²) in [6, 6.07) is 19.8. The SMILES string of the molecule is CCOC(=O)C1=C(C)N=c2s/c(=C\c3cc(Cl)ccc3OCc3ccc(Br)cc3)c(=O)n2[C@@H]1c1ccc(OCC)cc1. The number of hydrogen-bond donors (Lipinski definition) is 0. The zero-order valence-electron chi connectivity index (χ0n) is 23.2. The molecule has 1 aliphatic rings. The van der Waals surface area contributed by atoms with E-state index in [4.69, 9.17) is 25.8 Å². The van der Waals surface area contributed by atoms with Crippen LogP contribution in [0.2, 0.25) is 5.02 Å². The van der Waals surface area contributed by atoms with Crippen molar-refractivity contribution in [2.45, 2.75) is 33.4 Å². The van der Waals surface area contributed by atoms with Gasteiger partial charge in [-0.05, 0) is 80.4 Å². The van der Waals surface area contributed by atoms with Crippen LogP contribution in [0.5, 0.6) is 11.5 Å². The van der Waals surface area contributed by atoms with Gasteiger partial charge >= 0.3 is 5.97 Å². The van der Waals surface area contributed by atoms with Gasteiger partial charge in [-0.3, -0.25) is 9.36 Å². The van der Waals surface area contributed by atoms with Crippen molar-refractivity contribution in [1.82, 2.24) is 4.57 Å². The molecule has 3 aromatic carbocycles. The topological polar surface area (TPSA) is 79.1 Å².